The van der Waals surface area contributed by atoms with Gasteiger partial charge in [0.25, 0.3) is 0 Å². The second kappa shape index (κ2) is 16.4. The van der Waals surface area contributed by atoms with E-state index in [0.29, 0.717) is 17.5 Å². The highest BCUT2D eigenvalue weighted by Gasteiger charge is 2.22. The summed E-state index contributed by atoms with van der Waals surface area (Å²) < 4.78 is 4.84. The maximum absolute atomic E-state index is 5.32. The van der Waals surface area contributed by atoms with Gasteiger partial charge < -0.3 is 9.13 Å². The van der Waals surface area contributed by atoms with Gasteiger partial charge in [0, 0.05) is 43.9 Å². The van der Waals surface area contributed by atoms with Gasteiger partial charge in [-0.2, -0.15) is 0 Å². The van der Waals surface area contributed by atoms with Crippen LogP contribution in [-0.4, -0.2) is 24.1 Å². The molecular weight excluding hydrogens is 827 g/mol. The van der Waals surface area contributed by atoms with Gasteiger partial charge in [0.15, 0.2) is 17.5 Å². The fourth-order valence-corrected chi connectivity index (χ4v) is 10.0. The molecule has 68 heavy (non-hydrogen) atoms. The molecule has 10 aromatic carbocycles. The van der Waals surface area contributed by atoms with Crippen molar-refractivity contribution in [1.29, 1.82) is 0 Å². The average molecular weight is 868 g/mol. The van der Waals surface area contributed by atoms with Gasteiger partial charge in [-0.15, -0.1) is 0 Å². The van der Waals surface area contributed by atoms with Crippen LogP contribution >= 0.6 is 0 Å². The number of benzene rings is 10. The Labute approximate surface area is 393 Å². The van der Waals surface area contributed by atoms with E-state index in [1.165, 1.54) is 38.4 Å². The lowest BCUT2D eigenvalue weighted by atomic mass is 9.99. The summed E-state index contributed by atoms with van der Waals surface area (Å²) in [5, 5.41) is 4.77. The van der Waals surface area contributed by atoms with Gasteiger partial charge in [-0.25, -0.2) is 15.0 Å². The Morgan fingerprint density at radius 2 is 0.721 bits per heavy atom. The Morgan fingerprint density at radius 3 is 1.44 bits per heavy atom. The molecule has 0 saturated heterocycles. The van der Waals surface area contributed by atoms with Crippen LogP contribution in [0.2, 0.25) is 0 Å². The fraction of sp³-hybridized carbons (Fsp3) is 0. The van der Waals surface area contributed by atoms with Crippen LogP contribution in [0.3, 0.4) is 0 Å². The average Bonchev–Trinajstić information content (AvgIpc) is 3.94. The standard InChI is InChI=1S/C63H41N5/c1-5-18-42(19-6-1)44-32-34-47(35-33-44)62-64-61(46-24-11-4-12-25-46)65-63(66-62)54-27-14-16-30-56(54)68-57-31-17-28-50(45-22-9-3-10-23-45)60(57)53-39-37-49(41-59(53)68)67-55-29-15-13-26-51(55)52-38-36-48(40-58(52)67)43-20-7-2-8-21-43/h1-41H. The van der Waals surface area contributed by atoms with E-state index in [-0.39, 0.29) is 0 Å². The molecule has 0 aliphatic carbocycles. The highest BCUT2D eigenvalue weighted by atomic mass is 15.1. The molecular formula is C63H41N5. The van der Waals surface area contributed by atoms with Gasteiger partial charge in [0.2, 0.25) is 0 Å². The number of hydrogen-bond acceptors (Lipinski definition) is 3. The molecule has 318 valence electrons. The summed E-state index contributed by atoms with van der Waals surface area (Å²) in [4.78, 5) is 15.7. The molecule has 0 unspecified atom stereocenters. The summed E-state index contributed by atoms with van der Waals surface area (Å²) in [7, 11) is 0. The first-order valence-corrected chi connectivity index (χ1v) is 23.0. The lowest BCUT2D eigenvalue weighted by molar-refractivity contribution is 1.06. The number of aromatic nitrogens is 5. The number of hydrogen-bond donors (Lipinski definition) is 0. The minimum atomic E-state index is 0.595. The number of rotatable bonds is 8. The van der Waals surface area contributed by atoms with Crippen LogP contribution in [0.25, 0.3) is 123 Å². The number of nitrogens with zero attached hydrogens (tertiary/aromatic N) is 5. The maximum atomic E-state index is 5.32. The van der Waals surface area contributed by atoms with Crippen molar-refractivity contribution in [3.63, 3.8) is 0 Å². The van der Waals surface area contributed by atoms with Gasteiger partial charge in [0.1, 0.15) is 0 Å². The van der Waals surface area contributed by atoms with Crippen molar-refractivity contribution >= 4 is 43.6 Å². The predicted octanol–water partition coefficient (Wildman–Crippen LogP) is 16.1. The van der Waals surface area contributed by atoms with E-state index in [4.69, 9.17) is 15.0 Å². The second-order valence-corrected chi connectivity index (χ2v) is 17.2. The Hall–Kier alpha value is -9.19. The Morgan fingerprint density at radius 1 is 0.250 bits per heavy atom. The van der Waals surface area contributed by atoms with Crippen LogP contribution < -0.4 is 0 Å². The molecule has 3 aromatic heterocycles. The van der Waals surface area contributed by atoms with Crippen molar-refractivity contribution in [1.82, 2.24) is 24.1 Å². The van der Waals surface area contributed by atoms with Crippen molar-refractivity contribution < 1.29 is 0 Å². The second-order valence-electron chi connectivity index (χ2n) is 17.2. The zero-order valence-electron chi connectivity index (χ0n) is 36.9. The molecule has 13 aromatic rings. The number of fused-ring (bicyclic) bond motifs is 6. The highest BCUT2D eigenvalue weighted by Crippen LogP contribution is 2.43. The van der Waals surface area contributed by atoms with E-state index in [0.717, 1.165) is 66.6 Å². The molecule has 0 saturated carbocycles. The lowest BCUT2D eigenvalue weighted by Gasteiger charge is -2.15. The summed E-state index contributed by atoms with van der Waals surface area (Å²) in [5.41, 5.74) is 16.3. The first-order chi connectivity index (χ1) is 33.7. The molecule has 5 nitrogen and oxygen atoms in total. The van der Waals surface area contributed by atoms with Crippen molar-refractivity contribution in [3.05, 3.63) is 249 Å². The van der Waals surface area contributed by atoms with Crippen LogP contribution in [-0.2, 0) is 0 Å². The van der Waals surface area contributed by atoms with Crippen LogP contribution in [0, 0.1) is 0 Å². The topological polar surface area (TPSA) is 48.5 Å². The molecule has 0 atom stereocenters. The van der Waals surface area contributed by atoms with Gasteiger partial charge in [-0.1, -0.05) is 206 Å². The zero-order valence-corrected chi connectivity index (χ0v) is 36.9. The molecule has 0 N–H and O–H groups in total. The van der Waals surface area contributed by atoms with E-state index in [1.807, 2.05) is 24.3 Å². The van der Waals surface area contributed by atoms with Gasteiger partial charge in [-0.3, -0.25) is 0 Å². The Balaban J connectivity index is 1.06. The minimum Gasteiger partial charge on any atom is -0.309 e. The summed E-state index contributed by atoms with van der Waals surface area (Å²) >= 11 is 0. The third-order valence-electron chi connectivity index (χ3n) is 13.2. The quantitative estimate of drug-likeness (QED) is 0.153. The predicted molar refractivity (Wildman–Crippen MR) is 281 cm³/mol. The van der Waals surface area contributed by atoms with Crippen molar-refractivity contribution in [2.24, 2.45) is 0 Å². The maximum Gasteiger partial charge on any atom is 0.166 e. The fourth-order valence-electron chi connectivity index (χ4n) is 10.0. The van der Waals surface area contributed by atoms with E-state index in [9.17, 15) is 0 Å². The summed E-state index contributed by atoms with van der Waals surface area (Å²) in [6.45, 7) is 0. The monoisotopic (exact) mass is 867 g/mol. The van der Waals surface area contributed by atoms with Gasteiger partial charge in [0.05, 0.1) is 27.8 Å². The van der Waals surface area contributed by atoms with Gasteiger partial charge >= 0.3 is 0 Å². The van der Waals surface area contributed by atoms with Crippen LogP contribution in [0.4, 0.5) is 0 Å². The normalized spacial score (nSPS) is 11.5. The van der Waals surface area contributed by atoms with E-state index in [1.54, 1.807) is 0 Å². The summed E-state index contributed by atoms with van der Waals surface area (Å²) in [6.07, 6.45) is 0. The van der Waals surface area contributed by atoms with Crippen LogP contribution in [0.5, 0.6) is 0 Å². The Bertz CT molecular complexity index is 3990. The van der Waals surface area contributed by atoms with E-state index in [2.05, 4.69) is 234 Å². The molecule has 0 fully saturated rings. The zero-order chi connectivity index (χ0) is 45.0. The Kier molecular flexibility index (Phi) is 9.43. The van der Waals surface area contributed by atoms with Crippen molar-refractivity contribution in [2.45, 2.75) is 0 Å². The summed E-state index contributed by atoms with van der Waals surface area (Å²) in [6, 6.07) is 88.2. The molecule has 5 heteroatoms. The van der Waals surface area contributed by atoms with E-state index >= 15 is 0 Å². The first kappa shape index (κ1) is 39.2. The molecule has 0 amide bonds. The minimum absolute atomic E-state index is 0.595. The van der Waals surface area contributed by atoms with Crippen molar-refractivity contribution in [3.8, 4) is 78.9 Å². The van der Waals surface area contributed by atoms with Crippen LogP contribution in [0.15, 0.2) is 249 Å². The molecule has 0 aliphatic rings. The lowest BCUT2D eigenvalue weighted by Crippen LogP contribution is -2.04. The smallest absolute Gasteiger partial charge is 0.166 e. The molecule has 3 heterocycles. The SMILES string of the molecule is c1ccc(-c2ccc(-c3nc(-c4ccccc4)nc(-c4ccccc4-n4c5cc(-n6c7ccccc7c7ccc(-c8ccccc8)cc76)ccc5c5c(-c6ccccc6)cccc54)n3)cc2)cc1. The van der Waals surface area contributed by atoms with E-state index < -0.39 is 0 Å². The molecule has 13 rings (SSSR count). The van der Waals surface area contributed by atoms with Crippen LogP contribution in [0.1, 0.15) is 0 Å². The van der Waals surface area contributed by atoms with Gasteiger partial charge in [-0.05, 0) is 75.8 Å². The summed E-state index contributed by atoms with van der Waals surface area (Å²) in [5.74, 6) is 1.82. The third kappa shape index (κ3) is 6.68. The number of para-hydroxylation sites is 2. The third-order valence-corrected chi connectivity index (χ3v) is 13.2. The largest absolute Gasteiger partial charge is 0.309 e. The highest BCUT2D eigenvalue weighted by molar-refractivity contribution is 6.17. The van der Waals surface area contributed by atoms with Crippen molar-refractivity contribution in [2.75, 3.05) is 0 Å². The molecule has 0 aliphatic heterocycles. The molecule has 0 bridgehead atoms. The first-order valence-electron chi connectivity index (χ1n) is 23.0. The molecule has 0 spiro atoms. The molecule has 0 radical (unpaired) electrons.